The number of hydrogen-bond donors (Lipinski definition) is 1. The Labute approximate surface area is 108 Å². The van der Waals surface area contributed by atoms with Gasteiger partial charge in [0.05, 0.1) is 0 Å². The molecule has 1 aromatic rings. The second-order valence-electron chi connectivity index (χ2n) is 5.65. The minimum atomic E-state index is 0.0532. The van der Waals surface area contributed by atoms with Crippen molar-refractivity contribution in [1.29, 1.82) is 0 Å². The molecule has 18 heavy (non-hydrogen) atoms. The lowest BCUT2D eigenvalue weighted by atomic mass is 10.1. The number of para-hydroxylation sites is 1. The van der Waals surface area contributed by atoms with Crippen LogP contribution in [0.2, 0.25) is 0 Å². The van der Waals surface area contributed by atoms with Crippen molar-refractivity contribution in [1.82, 2.24) is 0 Å². The molecule has 3 heteroatoms. The van der Waals surface area contributed by atoms with Gasteiger partial charge < -0.3 is 10.6 Å². The third-order valence-electron chi connectivity index (χ3n) is 4.11. The number of amides is 1. The highest BCUT2D eigenvalue weighted by Gasteiger charge is 2.35. The van der Waals surface area contributed by atoms with Gasteiger partial charge in [-0.15, -0.1) is 0 Å². The molecular weight excluding hydrogens is 224 g/mol. The van der Waals surface area contributed by atoms with Gasteiger partial charge in [0.2, 0.25) is 5.91 Å². The monoisotopic (exact) mass is 244 g/mol. The van der Waals surface area contributed by atoms with Crippen LogP contribution in [0.4, 0.5) is 5.69 Å². The van der Waals surface area contributed by atoms with E-state index in [4.69, 9.17) is 5.73 Å². The summed E-state index contributed by atoms with van der Waals surface area (Å²) in [6.45, 7) is 2.11. The van der Waals surface area contributed by atoms with Gasteiger partial charge >= 0.3 is 0 Å². The lowest BCUT2D eigenvalue weighted by molar-refractivity contribution is -0.119. The van der Waals surface area contributed by atoms with Gasteiger partial charge in [0.1, 0.15) is 0 Å². The highest BCUT2D eigenvalue weighted by molar-refractivity contribution is 5.96. The molecule has 96 valence electrons. The number of nitrogens with two attached hydrogens (primary N) is 1. The number of fused-ring (bicyclic) bond motifs is 1. The van der Waals surface area contributed by atoms with Gasteiger partial charge in [-0.2, -0.15) is 0 Å². The number of nitrogens with zero attached hydrogens (tertiary/aromatic N) is 1. The number of anilines is 1. The lowest BCUT2D eigenvalue weighted by Crippen LogP contribution is -2.39. The molecular formula is C15H20N2O. The molecule has 0 radical (unpaired) electrons. The molecule has 3 nitrogen and oxygen atoms in total. The van der Waals surface area contributed by atoms with Crippen molar-refractivity contribution in [3.8, 4) is 0 Å². The first-order valence-corrected chi connectivity index (χ1v) is 6.82. The maximum absolute atomic E-state index is 12.4. The normalized spacial score (nSPS) is 23.9. The van der Waals surface area contributed by atoms with E-state index in [9.17, 15) is 4.79 Å². The number of rotatable bonds is 3. The van der Waals surface area contributed by atoms with E-state index < -0.39 is 0 Å². The quantitative estimate of drug-likeness (QED) is 0.885. The maximum atomic E-state index is 12.4. The van der Waals surface area contributed by atoms with Crippen molar-refractivity contribution in [2.24, 2.45) is 11.7 Å². The number of carbonyl (C=O) groups excluding carboxylic acids is 1. The third kappa shape index (κ3) is 2.03. The summed E-state index contributed by atoms with van der Waals surface area (Å²) < 4.78 is 0. The van der Waals surface area contributed by atoms with Crippen molar-refractivity contribution in [2.45, 2.75) is 44.7 Å². The van der Waals surface area contributed by atoms with Crippen LogP contribution in [0.1, 0.15) is 31.7 Å². The second-order valence-corrected chi connectivity index (χ2v) is 5.65. The summed E-state index contributed by atoms with van der Waals surface area (Å²) >= 11 is 0. The fraction of sp³-hybridized carbons (Fsp3) is 0.533. The average molecular weight is 244 g/mol. The predicted octanol–water partition coefficient (Wildman–Crippen LogP) is 2.09. The summed E-state index contributed by atoms with van der Waals surface area (Å²) in [5.74, 6) is 0.772. The maximum Gasteiger partial charge on any atom is 0.228 e. The van der Waals surface area contributed by atoms with Gasteiger partial charge in [-0.1, -0.05) is 18.2 Å². The topological polar surface area (TPSA) is 46.3 Å². The van der Waals surface area contributed by atoms with Crippen LogP contribution in [0.15, 0.2) is 24.3 Å². The van der Waals surface area contributed by atoms with Crippen molar-refractivity contribution < 1.29 is 4.79 Å². The molecule has 2 aliphatic rings. The molecule has 1 fully saturated rings. The van der Waals surface area contributed by atoms with Crippen molar-refractivity contribution in [2.75, 3.05) is 4.90 Å². The SMILES string of the molecule is CC1Cc2ccccc2N1C(=O)CC(N)C1CC1. The first-order chi connectivity index (χ1) is 8.66. The molecule has 0 bridgehead atoms. The van der Waals surface area contributed by atoms with E-state index in [1.165, 1.54) is 18.4 Å². The van der Waals surface area contributed by atoms with Crippen LogP contribution in [0.3, 0.4) is 0 Å². The Bertz CT molecular complexity index is 467. The number of carbonyl (C=O) groups is 1. The first kappa shape index (κ1) is 11.7. The highest BCUT2D eigenvalue weighted by Crippen LogP contribution is 2.35. The minimum absolute atomic E-state index is 0.0532. The summed E-state index contributed by atoms with van der Waals surface area (Å²) in [6, 6.07) is 8.51. The molecule has 2 atom stereocenters. The predicted molar refractivity (Wildman–Crippen MR) is 72.4 cm³/mol. The average Bonchev–Trinajstić information content (AvgIpc) is 3.11. The summed E-state index contributed by atoms with van der Waals surface area (Å²) in [4.78, 5) is 14.3. The molecule has 1 amide bonds. The molecule has 1 aliphatic heterocycles. The van der Waals surface area contributed by atoms with E-state index >= 15 is 0 Å². The van der Waals surface area contributed by atoms with E-state index in [1.807, 2.05) is 23.1 Å². The highest BCUT2D eigenvalue weighted by atomic mass is 16.2. The van der Waals surface area contributed by atoms with Crippen molar-refractivity contribution in [3.05, 3.63) is 29.8 Å². The van der Waals surface area contributed by atoms with Crippen LogP contribution in [-0.4, -0.2) is 18.0 Å². The second kappa shape index (κ2) is 4.39. The van der Waals surface area contributed by atoms with E-state index in [0.29, 0.717) is 12.3 Å². The molecule has 2 N–H and O–H groups in total. The molecule has 3 rings (SSSR count). The first-order valence-electron chi connectivity index (χ1n) is 6.82. The van der Waals surface area contributed by atoms with E-state index in [1.54, 1.807) is 0 Å². The molecule has 0 aromatic heterocycles. The molecule has 1 aliphatic carbocycles. The van der Waals surface area contributed by atoms with E-state index in [2.05, 4.69) is 13.0 Å². The van der Waals surface area contributed by atoms with Crippen LogP contribution in [0, 0.1) is 5.92 Å². The molecule has 1 heterocycles. The molecule has 1 saturated carbocycles. The van der Waals surface area contributed by atoms with Gasteiger partial charge in [-0.05, 0) is 43.7 Å². The zero-order valence-electron chi connectivity index (χ0n) is 10.8. The Morgan fingerprint density at radius 3 is 2.89 bits per heavy atom. The Morgan fingerprint density at radius 1 is 1.44 bits per heavy atom. The smallest absolute Gasteiger partial charge is 0.228 e. The standard InChI is InChI=1S/C15H20N2O/c1-10-8-12-4-2-3-5-14(12)17(10)15(18)9-13(16)11-6-7-11/h2-5,10-11,13H,6-9,16H2,1H3. The van der Waals surface area contributed by atoms with Crippen LogP contribution in [0.25, 0.3) is 0 Å². The number of hydrogen-bond acceptors (Lipinski definition) is 2. The van der Waals surface area contributed by atoms with Crippen LogP contribution >= 0.6 is 0 Å². The largest absolute Gasteiger partial charge is 0.327 e. The van der Waals surface area contributed by atoms with Gasteiger partial charge in [0.25, 0.3) is 0 Å². The van der Waals surface area contributed by atoms with Gasteiger partial charge in [-0.3, -0.25) is 4.79 Å². The van der Waals surface area contributed by atoms with Crippen LogP contribution < -0.4 is 10.6 Å². The summed E-state index contributed by atoms with van der Waals surface area (Å²) in [6.07, 6.45) is 3.84. The lowest BCUT2D eigenvalue weighted by Gasteiger charge is -2.24. The van der Waals surface area contributed by atoms with Gasteiger partial charge in [0.15, 0.2) is 0 Å². The number of benzene rings is 1. The van der Waals surface area contributed by atoms with E-state index in [-0.39, 0.29) is 18.0 Å². The Balaban J connectivity index is 1.76. The summed E-state index contributed by atoms with van der Waals surface area (Å²) in [7, 11) is 0. The Hall–Kier alpha value is -1.35. The van der Waals surface area contributed by atoms with E-state index in [0.717, 1.165) is 12.1 Å². The molecule has 0 saturated heterocycles. The molecule has 2 unspecified atom stereocenters. The minimum Gasteiger partial charge on any atom is -0.327 e. The Morgan fingerprint density at radius 2 is 2.17 bits per heavy atom. The van der Waals surface area contributed by atoms with Crippen molar-refractivity contribution in [3.63, 3.8) is 0 Å². The van der Waals surface area contributed by atoms with Gasteiger partial charge in [0, 0.05) is 24.2 Å². The molecule has 1 aromatic carbocycles. The van der Waals surface area contributed by atoms with Crippen LogP contribution in [-0.2, 0) is 11.2 Å². The fourth-order valence-electron chi connectivity index (χ4n) is 2.94. The van der Waals surface area contributed by atoms with Gasteiger partial charge in [-0.25, -0.2) is 0 Å². The van der Waals surface area contributed by atoms with Crippen LogP contribution in [0.5, 0.6) is 0 Å². The zero-order chi connectivity index (χ0) is 12.7. The fourth-order valence-corrected chi connectivity index (χ4v) is 2.94. The molecule has 0 spiro atoms. The summed E-state index contributed by atoms with van der Waals surface area (Å²) in [5, 5.41) is 0. The zero-order valence-corrected chi connectivity index (χ0v) is 10.8. The summed E-state index contributed by atoms with van der Waals surface area (Å²) in [5.41, 5.74) is 8.42. The van der Waals surface area contributed by atoms with Crippen molar-refractivity contribution >= 4 is 11.6 Å². The Kier molecular flexibility index (Phi) is 2.86. The third-order valence-corrected chi connectivity index (χ3v) is 4.11.